The van der Waals surface area contributed by atoms with Gasteiger partial charge in [0.25, 0.3) is 0 Å². The van der Waals surface area contributed by atoms with E-state index in [0.29, 0.717) is 22.8 Å². The smallest absolute Gasteiger partial charge is 0.417 e. The van der Waals surface area contributed by atoms with E-state index in [2.05, 4.69) is 21.8 Å². The SMILES string of the molecule is O=C1C=C(N2CC2)C(=O)C(N2CC2)=C1N1CC1.O=C=Nc1ccc(OP(=O)(O)S)cc1. The first-order chi connectivity index (χ1) is 14.8. The Kier molecular flexibility index (Phi) is 5.77. The highest BCUT2D eigenvalue weighted by Gasteiger charge is 2.43. The second-order valence-electron chi connectivity index (χ2n) is 7.16. The van der Waals surface area contributed by atoms with Gasteiger partial charge in [0.2, 0.25) is 17.6 Å². The summed E-state index contributed by atoms with van der Waals surface area (Å²) >= 11 is 3.34. The average molecular weight is 462 g/mol. The molecule has 1 aromatic rings. The molecule has 0 spiro atoms. The third-order valence-electron chi connectivity index (χ3n) is 4.72. The van der Waals surface area contributed by atoms with Crippen molar-refractivity contribution in [3.63, 3.8) is 0 Å². The lowest BCUT2D eigenvalue weighted by molar-refractivity contribution is -0.117. The van der Waals surface area contributed by atoms with E-state index >= 15 is 0 Å². The predicted molar refractivity (Wildman–Crippen MR) is 114 cm³/mol. The summed E-state index contributed by atoms with van der Waals surface area (Å²) in [7, 11) is 0. The van der Waals surface area contributed by atoms with Crippen LogP contribution in [0.25, 0.3) is 0 Å². The number of Topliss-reactive ketones (excluding diaryl/α,β-unsaturated/α-hetero) is 1. The van der Waals surface area contributed by atoms with Gasteiger partial charge in [-0.05, 0) is 36.5 Å². The number of aliphatic imine (C=N–C) groups is 1. The van der Waals surface area contributed by atoms with Gasteiger partial charge in [0.1, 0.15) is 17.1 Å². The Morgan fingerprint density at radius 2 is 1.52 bits per heavy atom. The molecule has 5 rings (SSSR count). The first-order valence-corrected chi connectivity index (χ1v) is 12.2. The number of rotatable bonds is 6. The van der Waals surface area contributed by atoms with Crippen LogP contribution in [-0.2, 0) is 18.9 Å². The van der Waals surface area contributed by atoms with Crippen molar-refractivity contribution >= 4 is 42.4 Å². The molecule has 4 aliphatic rings. The number of allylic oxidation sites excluding steroid dienone is 1. The van der Waals surface area contributed by atoms with Crippen LogP contribution in [0.3, 0.4) is 0 Å². The molecule has 3 heterocycles. The first kappa shape index (κ1) is 21.4. The van der Waals surface area contributed by atoms with Crippen LogP contribution in [0.5, 0.6) is 5.75 Å². The molecule has 162 valence electrons. The van der Waals surface area contributed by atoms with Crippen LogP contribution in [0, 0.1) is 0 Å². The fraction of sp³-hybridized carbons (Fsp3) is 0.316. The number of carbonyl (C=O) groups excluding carboxylic acids is 3. The molecule has 3 saturated heterocycles. The van der Waals surface area contributed by atoms with Gasteiger partial charge in [-0.15, -0.1) is 0 Å². The summed E-state index contributed by atoms with van der Waals surface area (Å²) < 4.78 is 15.3. The minimum Gasteiger partial charge on any atom is -0.417 e. The Bertz CT molecular complexity index is 1080. The molecule has 10 nitrogen and oxygen atoms in total. The zero-order chi connectivity index (χ0) is 22.2. The minimum atomic E-state index is -3.83. The van der Waals surface area contributed by atoms with Crippen LogP contribution in [0.2, 0.25) is 0 Å². The molecule has 0 saturated carbocycles. The van der Waals surface area contributed by atoms with Gasteiger partial charge >= 0.3 is 6.80 Å². The molecule has 1 atom stereocenters. The van der Waals surface area contributed by atoms with Crippen LogP contribution < -0.4 is 4.52 Å². The summed E-state index contributed by atoms with van der Waals surface area (Å²) in [6.45, 7) is 1.57. The van der Waals surface area contributed by atoms with Crippen LogP contribution in [0.1, 0.15) is 0 Å². The molecule has 1 unspecified atom stereocenters. The first-order valence-electron chi connectivity index (χ1n) is 9.50. The molecule has 1 N–H and O–H groups in total. The molecule has 12 heteroatoms. The lowest BCUT2D eigenvalue weighted by Crippen LogP contribution is -2.29. The number of carbonyl (C=O) groups is 2. The van der Waals surface area contributed by atoms with Gasteiger partial charge in [-0.3, -0.25) is 9.59 Å². The summed E-state index contributed by atoms with van der Waals surface area (Å²) in [4.78, 5) is 52.4. The van der Waals surface area contributed by atoms with Gasteiger partial charge in [-0.25, -0.2) is 9.36 Å². The summed E-state index contributed by atoms with van der Waals surface area (Å²) in [5.74, 6) is 0.225. The maximum Gasteiger partial charge on any atom is 0.434 e. The topological polar surface area (TPSA) is 119 Å². The molecule has 0 bridgehead atoms. The fourth-order valence-corrected chi connectivity index (χ4v) is 3.73. The molecule has 0 amide bonds. The van der Waals surface area contributed by atoms with E-state index in [4.69, 9.17) is 4.89 Å². The van der Waals surface area contributed by atoms with E-state index < -0.39 is 6.80 Å². The molecule has 3 fully saturated rings. The normalized spacial score (nSPS) is 20.8. The van der Waals surface area contributed by atoms with Gasteiger partial charge < -0.3 is 24.1 Å². The van der Waals surface area contributed by atoms with Crippen molar-refractivity contribution in [2.45, 2.75) is 0 Å². The second-order valence-corrected chi connectivity index (χ2v) is 9.84. The van der Waals surface area contributed by atoms with Gasteiger partial charge in [0, 0.05) is 45.3 Å². The van der Waals surface area contributed by atoms with Crippen LogP contribution in [-0.4, -0.2) is 76.5 Å². The number of ketones is 2. The number of benzene rings is 1. The lowest BCUT2D eigenvalue weighted by atomic mass is 10.0. The molecule has 1 aliphatic carbocycles. The zero-order valence-corrected chi connectivity index (χ0v) is 18.1. The summed E-state index contributed by atoms with van der Waals surface area (Å²) in [6.07, 6.45) is 2.89. The van der Waals surface area contributed by atoms with Crippen molar-refractivity contribution in [3.8, 4) is 5.75 Å². The molecule has 0 aromatic heterocycles. The van der Waals surface area contributed by atoms with Crippen LogP contribution >= 0.6 is 19.0 Å². The van der Waals surface area contributed by atoms with Crippen molar-refractivity contribution in [2.75, 3.05) is 39.3 Å². The zero-order valence-electron chi connectivity index (χ0n) is 16.3. The van der Waals surface area contributed by atoms with E-state index in [1.807, 2.05) is 14.7 Å². The molecule has 1 aromatic carbocycles. The van der Waals surface area contributed by atoms with Gasteiger partial charge in [0.15, 0.2) is 0 Å². The Balaban J connectivity index is 0.000000153. The van der Waals surface area contributed by atoms with E-state index in [9.17, 15) is 18.9 Å². The van der Waals surface area contributed by atoms with Crippen LogP contribution in [0.15, 0.2) is 52.4 Å². The largest absolute Gasteiger partial charge is 0.434 e. The summed E-state index contributed by atoms with van der Waals surface area (Å²) in [5.41, 5.74) is 2.27. The monoisotopic (exact) mass is 462 g/mol. The number of thiol groups is 1. The number of hydrogen-bond acceptors (Lipinski definition) is 9. The number of nitrogens with zero attached hydrogens (tertiary/aromatic N) is 4. The highest BCUT2D eigenvalue weighted by Crippen LogP contribution is 2.47. The van der Waals surface area contributed by atoms with Crippen LogP contribution in [0.4, 0.5) is 5.69 Å². The number of hydrogen-bond donors (Lipinski definition) is 2. The van der Waals surface area contributed by atoms with Crippen molar-refractivity contribution in [1.82, 2.24) is 14.7 Å². The molecule has 3 aliphatic heterocycles. The van der Waals surface area contributed by atoms with Gasteiger partial charge in [0.05, 0.1) is 11.4 Å². The molecule has 0 radical (unpaired) electrons. The van der Waals surface area contributed by atoms with E-state index in [-0.39, 0.29) is 17.3 Å². The van der Waals surface area contributed by atoms with Crippen molar-refractivity contribution in [3.05, 3.63) is 47.4 Å². The standard InChI is InChI=1S/C12H13N3O2.C7H6NO4PS/c16-9-7-8(13-1-2-13)12(17)11(15-5-6-15)10(9)14-3-4-14;9-5-8-6-1-3-7(4-2-6)12-13(10,11)14/h7H,1-6H2;1-4H,(H2,10,11,14). The Morgan fingerprint density at radius 3 is 2.00 bits per heavy atom. The Morgan fingerprint density at radius 1 is 0.968 bits per heavy atom. The number of isocyanates is 1. The highest BCUT2D eigenvalue weighted by molar-refractivity contribution is 8.44. The van der Waals surface area contributed by atoms with Crippen molar-refractivity contribution < 1.29 is 28.4 Å². The highest BCUT2D eigenvalue weighted by atomic mass is 32.7. The lowest BCUT2D eigenvalue weighted by Gasteiger charge is -2.21. The maximum atomic E-state index is 12.4. The quantitative estimate of drug-likeness (QED) is 0.161. The van der Waals surface area contributed by atoms with Gasteiger partial charge in [-0.2, -0.15) is 4.99 Å². The second kappa shape index (κ2) is 8.36. The maximum absolute atomic E-state index is 12.4. The molecular weight excluding hydrogens is 443 g/mol. The minimum absolute atomic E-state index is 0.00546. The van der Waals surface area contributed by atoms with Gasteiger partial charge in [-0.1, -0.05) is 0 Å². The third-order valence-corrected chi connectivity index (χ3v) is 5.42. The third kappa shape index (κ3) is 5.45. The fourth-order valence-electron chi connectivity index (χ4n) is 3.05. The van der Waals surface area contributed by atoms with Crippen molar-refractivity contribution in [1.29, 1.82) is 0 Å². The summed E-state index contributed by atoms with van der Waals surface area (Å²) in [6, 6.07) is 5.69. The predicted octanol–water partition coefficient (Wildman–Crippen LogP) is 1.24. The Hall–Kier alpha value is -2.84. The van der Waals surface area contributed by atoms with E-state index in [1.54, 1.807) is 0 Å². The Labute approximate surface area is 183 Å². The molecule has 31 heavy (non-hydrogen) atoms. The van der Waals surface area contributed by atoms with Crippen molar-refractivity contribution in [2.24, 2.45) is 4.99 Å². The average Bonchev–Trinajstić information content (AvgIpc) is 3.55. The van der Waals surface area contributed by atoms with E-state index in [1.165, 1.54) is 36.4 Å². The van der Waals surface area contributed by atoms with E-state index in [0.717, 1.165) is 39.3 Å². The molecular formula is C19H19N4O6PS. The summed E-state index contributed by atoms with van der Waals surface area (Å²) in [5, 5.41) is 0.